The highest BCUT2D eigenvalue weighted by Crippen LogP contribution is 2.17. The lowest BCUT2D eigenvalue weighted by Crippen LogP contribution is -2.46. The fourth-order valence-corrected chi connectivity index (χ4v) is 2.52. The Morgan fingerprint density at radius 2 is 2.47 bits per heavy atom. The van der Waals surface area contributed by atoms with E-state index < -0.39 is 5.97 Å². The molecule has 0 aliphatic carbocycles. The third-order valence-corrected chi connectivity index (χ3v) is 3.72. The maximum Gasteiger partial charge on any atom is 0.365 e. The summed E-state index contributed by atoms with van der Waals surface area (Å²) in [7, 11) is 0. The van der Waals surface area contributed by atoms with Crippen molar-refractivity contribution < 1.29 is 14.6 Å². The predicted octanol–water partition coefficient (Wildman–Crippen LogP) is 1.45. The van der Waals surface area contributed by atoms with Crippen molar-refractivity contribution in [2.75, 3.05) is 13.2 Å². The van der Waals surface area contributed by atoms with Gasteiger partial charge in [0.15, 0.2) is 0 Å². The lowest BCUT2D eigenvalue weighted by molar-refractivity contribution is -0.0530. The minimum absolute atomic E-state index is 0.161. The van der Waals surface area contributed by atoms with Crippen LogP contribution in [0.15, 0.2) is 5.38 Å². The molecule has 1 saturated heterocycles. The molecule has 1 aromatic heterocycles. The van der Waals surface area contributed by atoms with Gasteiger partial charge < -0.3 is 9.84 Å². The van der Waals surface area contributed by atoms with E-state index >= 15 is 0 Å². The highest BCUT2D eigenvalue weighted by Gasteiger charge is 2.24. The molecule has 17 heavy (non-hydrogen) atoms. The highest BCUT2D eigenvalue weighted by atomic mass is 32.1. The van der Waals surface area contributed by atoms with Gasteiger partial charge in [0.1, 0.15) is 0 Å². The molecule has 0 spiro atoms. The van der Waals surface area contributed by atoms with E-state index in [1.807, 2.05) is 12.3 Å². The zero-order valence-corrected chi connectivity index (χ0v) is 10.7. The van der Waals surface area contributed by atoms with Gasteiger partial charge >= 0.3 is 5.97 Å². The molecule has 1 aliphatic rings. The van der Waals surface area contributed by atoms with Crippen molar-refractivity contribution >= 4 is 17.3 Å². The Morgan fingerprint density at radius 3 is 3.12 bits per heavy atom. The minimum atomic E-state index is -0.954. The molecule has 2 rings (SSSR count). The van der Waals surface area contributed by atoms with Gasteiger partial charge in [0.25, 0.3) is 0 Å². The van der Waals surface area contributed by atoms with E-state index in [2.05, 4.69) is 16.8 Å². The van der Waals surface area contributed by atoms with E-state index in [0.29, 0.717) is 12.6 Å². The van der Waals surface area contributed by atoms with E-state index in [9.17, 15) is 4.79 Å². The first-order valence-electron chi connectivity index (χ1n) is 5.59. The second kappa shape index (κ2) is 5.12. The SMILES string of the molecule is CC1CN(Cc2csc(C(=O)O)n2)C(C)CO1. The fraction of sp³-hybridized carbons (Fsp3) is 0.636. The number of thiazole rings is 1. The Morgan fingerprint density at radius 1 is 1.71 bits per heavy atom. The number of hydrogen-bond acceptors (Lipinski definition) is 5. The molecule has 0 amide bonds. The summed E-state index contributed by atoms with van der Waals surface area (Å²) in [5.41, 5.74) is 0.827. The van der Waals surface area contributed by atoms with Crippen LogP contribution in [0.3, 0.4) is 0 Å². The summed E-state index contributed by atoms with van der Waals surface area (Å²) in [6.45, 7) is 6.43. The van der Waals surface area contributed by atoms with Crippen LogP contribution in [-0.2, 0) is 11.3 Å². The van der Waals surface area contributed by atoms with Gasteiger partial charge in [-0.05, 0) is 13.8 Å². The van der Waals surface area contributed by atoms with Crippen LogP contribution in [0.4, 0.5) is 0 Å². The molecular weight excluding hydrogens is 240 g/mol. The van der Waals surface area contributed by atoms with Gasteiger partial charge in [-0.2, -0.15) is 0 Å². The van der Waals surface area contributed by atoms with Crippen molar-refractivity contribution in [3.05, 3.63) is 16.1 Å². The van der Waals surface area contributed by atoms with Crippen molar-refractivity contribution in [3.8, 4) is 0 Å². The van der Waals surface area contributed by atoms with Crippen molar-refractivity contribution in [1.82, 2.24) is 9.88 Å². The molecule has 2 heterocycles. The lowest BCUT2D eigenvalue weighted by Gasteiger charge is -2.36. The molecule has 1 aromatic rings. The van der Waals surface area contributed by atoms with Crippen molar-refractivity contribution in [1.29, 1.82) is 0 Å². The number of nitrogens with zero attached hydrogens (tertiary/aromatic N) is 2. The number of carbonyl (C=O) groups is 1. The van der Waals surface area contributed by atoms with Crippen LogP contribution in [0.2, 0.25) is 0 Å². The molecule has 94 valence electrons. The van der Waals surface area contributed by atoms with Crippen molar-refractivity contribution in [3.63, 3.8) is 0 Å². The molecule has 1 N–H and O–H groups in total. The molecule has 0 radical (unpaired) electrons. The molecule has 2 unspecified atom stereocenters. The minimum Gasteiger partial charge on any atom is -0.476 e. The number of aromatic carboxylic acids is 1. The largest absolute Gasteiger partial charge is 0.476 e. The standard InChI is InChI=1S/C11H16N2O3S/c1-7-5-16-8(2)3-13(7)4-9-6-17-10(12-9)11(14)15/h6-8H,3-5H2,1-2H3,(H,14,15). The molecule has 0 aromatic carbocycles. The van der Waals surface area contributed by atoms with Gasteiger partial charge in [-0.25, -0.2) is 9.78 Å². The summed E-state index contributed by atoms with van der Waals surface area (Å²) in [6, 6.07) is 0.348. The Labute approximate surface area is 104 Å². The summed E-state index contributed by atoms with van der Waals surface area (Å²) < 4.78 is 5.55. The van der Waals surface area contributed by atoms with E-state index in [0.717, 1.165) is 18.8 Å². The monoisotopic (exact) mass is 256 g/mol. The van der Waals surface area contributed by atoms with Crippen LogP contribution in [0.5, 0.6) is 0 Å². The quantitative estimate of drug-likeness (QED) is 0.887. The van der Waals surface area contributed by atoms with E-state index in [4.69, 9.17) is 9.84 Å². The van der Waals surface area contributed by atoms with Gasteiger partial charge in [0, 0.05) is 24.5 Å². The summed E-state index contributed by atoms with van der Waals surface area (Å²) in [5.74, 6) is -0.954. The second-order valence-corrected chi connectivity index (χ2v) is 5.23. The Balaban J connectivity index is 2.01. The fourth-order valence-electron chi connectivity index (χ4n) is 1.88. The van der Waals surface area contributed by atoms with E-state index in [-0.39, 0.29) is 11.1 Å². The van der Waals surface area contributed by atoms with Gasteiger partial charge in [-0.15, -0.1) is 11.3 Å². The molecule has 0 saturated carbocycles. The van der Waals surface area contributed by atoms with Crippen LogP contribution in [0, 0.1) is 0 Å². The number of carboxylic acids is 1. The summed E-state index contributed by atoms with van der Waals surface area (Å²) in [6.07, 6.45) is 0.226. The average Bonchev–Trinajstić information content (AvgIpc) is 2.72. The Hall–Kier alpha value is -0.980. The highest BCUT2D eigenvalue weighted by molar-refractivity contribution is 7.11. The van der Waals surface area contributed by atoms with Crippen LogP contribution < -0.4 is 0 Å². The molecule has 1 aliphatic heterocycles. The maximum atomic E-state index is 10.7. The maximum absolute atomic E-state index is 10.7. The third kappa shape index (κ3) is 3.02. The Kier molecular flexibility index (Phi) is 3.76. The molecule has 2 atom stereocenters. The van der Waals surface area contributed by atoms with Gasteiger partial charge in [-0.1, -0.05) is 0 Å². The van der Waals surface area contributed by atoms with Crippen molar-refractivity contribution in [2.24, 2.45) is 0 Å². The van der Waals surface area contributed by atoms with Crippen LogP contribution in [0.1, 0.15) is 29.3 Å². The second-order valence-electron chi connectivity index (χ2n) is 4.37. The predicted molar refractivity (Wildman–Crippen MR) is 64.4 cm³/mol. The van der Waals surface area contributed by atoms with Gasteiger partial charge in [-0.3, -0.25) is 4.90 Å². The first-order chi connectivity index (χ1) is 8.06. The molecular formula is C11H16N2O3S. The van der Waals surface area contributed by atoms with Gasteiger partial charge in [0.05, 0.1) is 18.4 Å². The summed E-state index contributed by atoms with van der Waals surface area (Å²) >= 11 is 1.18. The molecule has 5 nitrogen and oxygen atoms in total. The van der Waals surface area contributed by atoms with E-state index in [1.165, 1.54) is 11.3 Å². The first-order valence-corrected chi connectivity index (χ1v) is 6.47. The van der Waals surface area contributed by atoms with Crippen LogP contribution >= 0.6 is 11.3 Å². The number of morpholine rings is 1. The van der Waals surface area contributed by atoms with Crippen LogP contribution in [-0.4, -0.2) is 46.3 Å². The summed E-state index contributed by atoms with van der Waals surface area (Å²) in [4.78, 5) is 17.1. The van der Waals surface area contributed by atoms with Crippen LogP contribution in [0.25, 0.3) is 0 Å². The number of aromatic nitrogens is 1. The number of hydrogen-bond donors (Lipinski definition) is 1. The lowest BCUT2D eigenvalue weighted by atomic mass is 10.2. The smallest absolute Gasteiger partial charge is 0.365 e. The zero-order chi connectivity index (χ0) is 12.4. The van der Waals surface area contributed by atoms with E-state index in [1.54, 1.807) is 0 Å². The first kappa shape index (κ1) is 12.5. The topological polar surface area (TPSA) is 62.7 Å². The third-order valence-electron chi connectivity index (χ3n) is 2.84. The summed E-state index contributed by atoms with van der Waals surface area (Å²) in [5, 5.41) is 10.8. The molecule has 1 fully saturated rings. The molecule has 0 bridgehead atoms. The van der Waals surface area contributed by atoms with Crippen molar-refractivity contribution in [2.45, 2.75) is 32.5 Å². The Bertz CT molecular complexity index is 407. The number of rotatable bonds is 3. The zero-order valence-electron chi connectivity index (χ0n) is 9.92. The number of carboxylic acid groups (broad SMARTS) is 1. The normalized spacial score (nSPS) is 26.0. The average molecular weight is 256 g/mol. The number of ether oxygens (including phenoxy) is 1. The molecule has 6 heteroatoms. The van der Waals surface area contributed by atoms with Gasteiger partial charge in [0.2, 0.25) is 5.01 Å².